The van der Waals surface area contributed by atoms with E-state index in [1.807, 2.05) is 38.4 Å². The first-order valence-corrected chi connectivity index (χ1v) is 11.6. The van der Waals surface area contributed by atoms with Crippen LogP contribution >= 0.6 is 0 Å². The van der Waals surface area contributed by atoms with Crippen molar-refractivity contribution in [3.63, 3.8) is 0 Å². The fraction of sp³-hybridized carbons (Fsp3) is 0.364. The molecule has 0 radical (unpaired) electrons. The normalized spacial score (nSPS) is 17.3. The maximum absolute atomic E-state index is 13.4. The molecule has 0 spiro atoms. The zero-order valence-corrected chi connectivity index (χ0v) is 18.0. The van der Waals surface area contributed by atoms with Crippen molar-refractivity contribution in [2.24, 2.45) is 0 Å². The highest BCUT2D eigenvalue weighted by molar-refractivity contribution is 7.89. The number of ether oxygens (including phenoxy) is 1. The summed E-state index contributed by atoms with van der Waals surface area (Å²) in [5.74, 6) is 1.44. The van der Waals surface area contributed by atoms with E-state index in [0.29, 0.717) is 25.4 Å². The summed E-state index contributed by atoms with van der Waals surface area (Å²) in [6.07, 6.45) is 6.94. The van der Waals surface area contributed by atoms with E-state index < -0.39 is 10.0 Å². The second-order valence-corrected chi connectivity index (χ2v) is 9.27. The molecule has 1 aliphatic rings. The number of benzene rings is 1. The van der Waals surface area contributed by atoms with Gasteiger partial charge in [-0.2, -0.15) is 4.31 Å². The topological polar surface area (TPSA) is 77.3 Å². The van der Waals surface area contributed by atoms with Gasteiger partial charge in [0, 0.05) is 30.8 Å². The van der Waals surface area contributed by atoms with Crippen molar-refractivity contribution in [1.82, 2.24) is 18.8 Å². The molecule has 1 saturated heterocycles. The summed E-state index contributed by atoms with van der Waals surface area (Å²) in [6, 6.07) is 10.3. The summed E-state index contributed by atoms with van der Waals surface area (Å²) in [5, 5.41) is 0. The Labute approximate surface area is 177 Å². The molecule has 3 heterocycles. The highest BCUT2D eigenvalue weighted by Crippen LogP contribution is 2.36. The van der Waals surface area contributed by atoms with Crippen LogP contribution in [0, 0.1) is 6.92 Å². The minimum absolute atomic E-state index is 0.278. The van der Waals surface area contributed by atoms with Crippen molar-refractivity contribution in [1.29, 1.82) is 0 Å². The third kappa shape index (κ3) is 3.97. The van der Waals surface area contributed by atoms with E-state index in [2.05, 4.69) is 14.5 Å². The second-order valence-electron chi connectivity index (χ2n) is 7.38. The van der Waals surface area contributed by atoms with Gasteiger partial charge in [0.15, 0.2) is 0 Å². The van der Waals surface area contributed by atoms with Crippen molar-refractivity contribution in [3.8, 4) is 5.75 Å². The van der Waals surface area contributed by atoms with E-state index in [-0.39, 0.29) is 10.9 Å². The van der Waals surface area contributed by atoms with Gasteiger partial charge in [-0.15, -0.1) is 0 Å². The molecular formula is C22H26N4O3S. The van der Waals surface area contributed by atoms with Gasteiger partial charge in [-0.25, -0.2) is 13.4 Å². The van der Waals surface area contributed by atoms with Crippen LogP contribution in [0.2, 0.25) is 0 Å². The minimum Gasteiger partial charge on any atom is -0.494 e. The van der Waals surface area contributed by atoms with Crippen molar-refractivity contribution in [2.75, 3.05) is 13.2 Å². The molecule has 2 aromatic heterocycles. The monoisotopic (exact) mass is 426 g/mol. The molecule has 1 aromatic carbocycles. The molecule has 0 amide bonds. The Hall–Kier alpha value is -2.71. The molecule has 0 aliphatic carbocycles. The highest BCUT2D eigenvalue weighted by Gasteiger charge is 2.38. The van der Waals surface area contributed by atoms with Crippen molar-refractivity contribution in [2.45, 2.75) is 44.2 Å². The molecule has 0 bridgehead atoms. The smallest absolute Gasteiger partial charge is 0.243 e. The molecule has 7 nitrogen and oxygen atoms in total. The van der Waals surface area contributed by atoms with Crippen LogP contribution in [0.5, 0.6) is 5.75 Å². The van der Waals surface area contributed by atoms with E-state index in [9.17, 15) is 8.42 Å². The number of hydrogen-bond donors (Lipinski definition) is 0. The lowest BCUT2D eigenvalue weighted by atomic mass is 10.2. The molecule has 0 saturated carbocycles. The van der Waals surface area contributed by atoms with Crippen molar-refractivity contribution in [3.05, 3.63) is 72.1 Å². The Kier molecular flexibility index (Phi) is 5.87. The molecule has 158 valence electrons. The summed E-state index contributed by atoms with van der Waals surface area (Å²) in [7, 11) is -3.64. The summed E-state index contributed by atoms with van der Waals surface area (Å²) >= 11 is 0. The summed E-state index contributed by atoms with van der Waals surface area (Å²) in [4.78, 5) is 9.07. The number of aryl methyl sites for hydroxylation is 1. The van der Waals surface area contributed by atoms with Crippen LogP contribution in [0.15, 0.2) is 59.9 Å². The first kappa shape index (κ1) is 20.6. The van der Waals surface area contributed by atoms with Gasteiger partial charge in [0.2, 0.25) is 10.0 Å². The number of nitrogens with zero attached hydrogens (tertiary/aromatic N) is 4. The average molecular weight is 427 g/mol. The Morgan fingerprint density at radius 3 is 2.67 bits per heavy atom. The van der Waals surface area contributed by atoms with Crippen LogP contribution < -0.4 is 4.74 Å². The zero-order chi connectivity index (χ0) is 21.1. The second kappa shape index (κ2) is 8.57. The number of imidazole rings is 1. The Morgan fingerprint density at radius 2 is 1.97 bits per heavy atom. The first-order valence-electron chi connectivity index (χ1n) is 10.2. The fourth-order valence-electron chi connectivity index (χ4n) is 3.92. The standard InChI is InChI=1S/C22H26N4O3S/c1-3-29-19-8-10-20(11-9-19)30(27,28)26-13-5-7-21(26)22-24-14-17(2)25(22)16-18-6-4-12-23-15-18/h4,6,8-12,14-15,21H,3,5,7,13,16H2,1-2H3. The summed E-state index contributed by atoms with van der Waals surface area (Å²) in [6.45, 7) is 5.53. The van der Waals surface area contributed by atoms with Gasteiger partial charge in [-0.3, -0.25) is 4.98 Å². The number of pyridine rings is 1. The molecule has 4 rings (SSSR count). The third-order valence-corrected chi connectivity index (χ3v) is 7.31. The third-order valence-electron chi connectivity index (χ3n) is 5.39. The number of hydrogen-bond acceptors (Lipinski definition) is 5. The minimum atomic E-state index is -3.64. The van der Waals surface area contributed by atoms with Crippen LogP contribution in [0.1, 0.15) is 42.9 Å². The first-order chi connectivity index (χ1) is 14.5. The maximum Gasteiger partial charge on any atom is 0.243 e. The van der Waals surface area contributed by atoms with Gasteiger partial charge in [-0.1, -0.05) is 6.07 Å². The van der Waals surface area contributed by atoms with E-state index >= 15 is 0 Å². The molecule has 30 heavy (non-hydrogen) atoms. The molecule has 1 aliphatic heterocycles. The number of aromatic nitrogens is 3. The lowest BCUT2D eigenvalue weighted by Crippen LogP contribution is -2.32. The van der Waals surface area contributed by atoms with Gasteiger partial charge in [0.05, 0.1) is 24.1 Å². The Morgan fingerprint density at radius 1 is 1.17 bits per heavy atom. The molecule has 1 unspecified atom stereocenters. The fourth-order valence-corrected chi connectivity index (χ4v) is 5.58. The summed E-state index contributed by atoms with van der Waals surface area (Å²) < 4.78 is 35.9. The van der Waals surface area contributed by atoms with Crippen LogP contribution in [0.4, 0.5) is 0 Å². The van der Waals surface area contributed by atoms with E-state index in [4.69, 9.17) is 4.74 Å². The lowest BCUT2D eigenvalue weighted by Gasteiger charge is -2.25. The van der Waals surface area contributed by atoms with Crippen LogP contribution in [0.25, 0.3) is 0 Å². The van der Waals surface area contributed by atoms with E-state index in [1.165, 1.54) is 0 Å². The Bertz CT molecular complexity index is 1100. The zero-order valence-electron chi connectivity index (χ0n) is 17.2. The van der Waals surface area contributed by atoms with Gasteiger partial charge in [0.25, 0.3) is 0 Å². The summed E-state index contributed by atoms with van der Waals surface area (Å²) in [5.41, 5.74) is 2.05. The number of sulfonamides is 1. The SMILES string of the molecule is CCOc1ccc(S(=O)(=O)N2CCCC2c2ncc(C)n2Cc2cccnc2)cc1. The average Bonchev–Trinajstić information content (AvgIpc) is 3.37. The maximum atomic E-state index is 13.4. The van der Waals surface area contributed by atoms with Crippen molar-refractivity contribution >= 4 is 10.0 Å². The molecule has 1 atom stereocenters. The van der Waals surface area contributed by atoms with Gasteiger partial charge in [0.1, 0.15) is 11.6 Å². The van der Waals surface area contributed by atoms with Gasteiger partial charge in [-0.05, 0) is 62.6 Å². The van der Waals surface area contributed by atoms with Crippen LogP contribution in [0.3, 0.4) is 0 Å². The van der Waals surface area contributed by atoms with Crippen LogP contribution in [-0.4, -0.2) is 40.4 Å². The van der Waals surface area contributed by atoms with Crippen molar-refractivity contribution < 1.29 is 13.2 Å². The lowest BCUT2D eigenvalue weighted by molar-refractivity contribution is 0.340. The molecule has 3 aromatic rings. The quantitative estimate of drug-likeness (QED) is 0.577. The predicted octanol–water partition coefficient (Wildman–Crippen LogP) is 3.56. The number of rotatable bonds is 7. The van der Waals surface area contributed by atoms with E-state index in [1.54, 1.807) is 34.8 Å². The molecule has 1 fully saturated rings. The molecule has 0 N–H and O–H groups in total. The molecular weight excluding hydrogens is 400 g/mol. The van der Waals surface area contributed by atoms with Gasteiger partial charge < -0.3 is 9.30 Å². The molecule has 8 heteroatoms. The van der Waals surface area contributed by atoms with Crippen LogP contribution in [-0.2, 0) is 16.6 Å². The Balaban J connectivity index is 1.64. The van der Waals surface area contributed by atoms with E-state index in [0.717, 1.165) is 29.9 Å². The highest BCUT2D eigenvalue weighted by atomic mass is 32.2. The predicted molar refractivity (Wildman–Crippen MR) is 114 cm³/mol. The largest absolute Gasteiger partial charge is 0.494 e. The van der Waals surface area contributed by atoms with Gasteiger partial charge >= 0.3 is 0 Å².